The lowest BCUT2D eigenvalue weighted by Gasteiger charge is -2.29. The fraction of sp³-hybridized carbons (Fsp3) is 0.375. The maximum atomic E-state index is 5.87. The first-order valence-corrected chi connectivity index (χ1v) is 7.28. The van der Waals surface area contributed by atoms with E-state index in [9.17, 15) is 0 Å². The number of nitrogen functional groups attached to an aromatic ring is 1. The monoisotopic (exact) mass is 300 g/mol. The molecule has 1 aliphatic rings. The lowest BCUT2D eigenvalue weighted by Crippen LogP contribution is -2.36. The minimum atomic E-state index is 0.625. The van der Waals surface area contributed by atoms with Crippen molar-refractivity contribution >= 4 is 11.4 Å². The Bertz CT molecular complexity index is 669. The van der Waals surface area contributed by atoms with Crippen LogP contribution in [-0.2, 0) is 4.74 Å². The SMILES string of the molecule is COc1ncc(-c2cc(N)cnc2C)cc1N1CCOCC1. The molecule has 0 aromatic carbocycles. The van der Waals surface area contributed by atoms with Crippen LogP contribution in [0.15, 0.2) is 24.5 Å². The van der Waals surface area contributed by atoms with Crippen LogP contribution in [-0.4, -0.2) is 43.4 Å². The van der Waals surface area contributed by atoms with Gasteiger partial charge >= 0.3 is 0 Å². The van der Waals surface area contributed by atoms with Crippen molar-refractivity contribution in [2.75, 3.05) is 44.0 Å². The van der Waals surface area contributed by atoms with Crippen LogP contribution in [0.5, 0.6) is 5.88 Å². The molecule has 0 spiro atoms. The summed E-state index contributed by atoms with van der Waals surface area (Å²) >= 11 is 0. The van der Waals surface area contributed by atoms with Crippen LogP contribution in [0.2, 0.25) is 0 Å². The second kappa shape index (κ2) is 6.19. The van der Waals surface area contributed by atoms with E-state index in [4.69, 9.17) is 15.2 Å². The van der Waals surface area contributed by atoms with Crippen molar-refractivity contribution in [2.45, 2.75) is 6.92 Å². The Balaban J connectivity index is 2.04. The highest BCUT2D eigenvalue weighted by atomic mass is 16.5. The molecular weight excluding hydrogens is 280 g/mol. The number of methoxy groups -OCH3 is 1. The van der Waals surface area contributed by atoms with E-state index in [1.165, 1.54) is 0 Å². The Morgan fingerprint density at radius 3 is 2.68 bits per heavy atom. The summed E-state index contributed by atoms with van der Waals surface area (Å²) in [7, 11) is 1.64. The third-order valence-corrected chi connectivity index (χ3v) is 3.80. The number of rotatable bonds is 3. The number of aryl methyl sites for hydroxylation is 1. The molecule has 0 atom stereocenters. The molecule has 0 saturated carbocycles. The summed E-state index contributed by atoms with van der Waals surface area (Å²) in [5.74, 6) is 0.625. The Morgan fingerprint density at radius 1 is 1.18 bits per heavy atom. The molecule has 0 amide bonds. The highest BCUT2D eigenvalue weighted by Gasteiger charge is 2.18. The average molecular weight is 300 g/mol. The van der Waals surface area contributed by atoms with Gasteiger partial charge in [-0.25, -0.2) is 4.98 Å². The summed E-state index contributed by atoms with van der Waals surface area (Å²) in [4.78, 5) is 11.0. The average Bonchev–Trinajstić information content (AvgIpc) is 2.57. The summed E-state index contributed by atoms with van der Waals surface area (Å²) in [5.41, 5.74) is 10.4. The smallest absolute Gasteiger partial charge is 0.237 e. The van der Waals surface area contributed by atoms with E-state index in [0.717, 1.165) is 35.6 Å². The van der Waals surface area contributed by atoms with Crippen molar-refractivity contribution in [1.82, 2.24) is 9.97 Å². The van der Waals surface area contributed by atoms with Crippen molar-refractivity contribution in [3.8, 4) is 17.0 Å². The first kappa shape index (κ1) is 14.6. The fourth-order valence-corrected chi connectivity index (χ4v) is 2.62. The quantitative estimate of drug-likeness (QED) is 0.933. The molecule has 3 heterocycles. The highest BCUT2D eigenvalue weighted by molar-refractivity contribution is 5.73. The first-order valence-electron chi connectivity index (χ1n) is 7.28. The molecule has 1 fully saturated rings. The number of aromatic nitrogens is 2. The van der Waals surface area contributed by atoms with E-state index in [2.05, 4.69) is 20.9 Å². The third-order valence-electron chi connectivity index (χ3n) is 3.80. The van der Waals surface area contributed by atoms with Crippen molar-refractivity contribution in [3.63, 3.8) is 0 Å². The second-order valence-corrected chi connectivity index (χ2v) is 5.25. The highest BCUT2D eigenvalue weighted by Crippen LogP contribution is 2.33. The largest absolute Gasteiger partial charge is 0.480 e. The maximum absolute atomic E-state index is 5.87. The predicted molar refractivity (Wildman–Crippen MR) is 86.2 cm³/mol. The number of morpholine rings is 1. The molecule has 3 rings (SSSR count). The number of ether oxygens (including phenoxy) is 2. The molecule has 0 aliphatic carbocycles. The van der Waals surface area contributed by atoms with Gasteiger partial charge in [0.2, 0.25) is 5.88 Å². The summed E-state index contributed by atoms with van der Waals surface area (Å²) in [6.07, 6.45) is 3.46. The third kappa shape index (κ3) is 2.82. The zero-order chi connectivity index (χ0) is 15.5. The standard InChI is InChI=1S/C16H20N4O2/c1-11-14(8-13(17)10-18-11)12-7-15(16(21-2)19-9-12)20-3-5-22-6-4-20/h7-10H,3-6,17H2,1-2H3. The summed E-state index contributed by atoms with van der Waals surface area (Å²) < 4.78 is 10.8. The molecule has 22 heavy (non-hydrogen) atoms. The number of pyridine rings is 2. The van der Waals surface area contributed by atoms with Crippen LogP contribution < -0.4 is 15.4 Å². The lowest BCUT2D eigenvalue weighted by molar-refractivity contribution is 0.122. The van der Waals surface area contributed by atoms with Gasteiger partial charge < -0.3 is 20.1 Å². The Labute approximate surface area is 129 Å². The van der Waals surface area contributed by atoms with E-state index >= 15 is 0 Å². The van der Waals surface area contributed by atoms with Crippen LogP contribution in [0.25, 0.3) is 11.1 Å². The Morgan fingerprint density at radius 2 is 1.95 bits per heavy atom. The van der Waals surface area contributed by atoms with Gasteiger partial charge in [-0.2, -0.15) is 0 Å². The molecule has 0 bridgehead atoms. The second-order valence-electron chi connectivity index (χ2n) is 5.25. The van der Waals surface area contributed by atoms with Crippen molar-refractivity contribution in [1.29, 1.82) is 0 Å². The van der Waals surface area contributed by atoms with Gasteiger partial charge in [0.15, 0.2) is 0 Å². The molecule has 6 nitrogen and oxygen atoms in total. The molecule has 0 unspecified atom stereocenters. The van der Waals surface area contributed by atoms with E-state index in [-0.39, 0.29) is 0 Å². The van der Waals surface area contributed by atoms with Gasteiger partial charge in [-0.05, 0) is 19.1 Å². The van der Waals surface area contributed by atoms with Crippen LogP contribution in [0.4, 0.5) is 11.4 Å². The van der Waals surface area contributed by atoms with E-state index in [1.807, 2.05) is 13.0 Å². The van der Waals surface area contributed by atoms with E-state index in [1.54, 1.807) is 19.5 Å². The van der Waals surface area contributed by atoms with Crippen molar-refractivity contribution < 1.29 is 9.47 Å². The topological polar surface area (TPSA) is 73.5 Å². The number of anilines is 2. The summed E-state index contributed by atoms with van der Waals surface area (Å²) in [5, 5.41) is 0. The van der Waals surface area contributed by atoms with Gasteiger partial charge in [0.1, 0.15) is 5.69 Å². The maximum Gasteiger partial charge on any atom is 0.237 e. The Hall–Kier alpha value is -2.34. The van der Waals surface area contributed by atoms with Gasteiger partial charge in [-0.3, -0.25) is 4.98 Å². The summed E-state index contributed by atoms with van der Waals surface area (Å²) in [6.45, 7) is 5.05. The zero-order valence-corrected chi connectivity index (χ0v) is 12.9. The Kier molecular flexibility index (Phi) is 4.11. The molecule has 1 saturated heterocycles. The number of nitrogens with zero attached hydrogens (tertiary/aromatic N) is 3. The van der Waals surface area contributed by atoms with Crippen LogP contribution >= 0.6 is 0 Å². The molecular formula is C16H20N4O2. The molecule has 2 aromatic rings. The van der Waals surface area contributed by atoms with E-state index < -0.39 is 0 Å². The van der Waals surface area contributed by atoms with Gasteiger partial charge in [-0.1, -0.05) is 0 Å². The van der Waals surface area contributed by atoms with Gasteiger partial charge in [-0.15, -0.1) is 0 Å². The van der Waals surface area contributed by atoms with Gasteiger partial charge in [0.05, 0.1) is 32.2 Å². The van der Waals surface area contributed by atoms with E-state index in [0.29, 0.717) is 24.8 Å². The van der Waals surface area contributed by atoms with Crippen LogP contribution in [0.1, 0.15) is 5.69 Å². The van der Waals surface area contributed by atoms with Crippen LogP contribution in [0, 0.1) is 6.92 Å². The molecule has 2 N–H and O–H groups in total. The number of hydrogen-bond acceptors (Lipinski definition) is 6. The minimum absolute atomic E-state index is 0.625. The van der Waals surface area contributed by atoms with Crippen molar-refractivity contribution in [3.05, 3.63) is 30.2 Å². The van der Waals surface area contributed by atoms with Crippen LogP contribution in [0.3, 0.4) is 0 Å². The van der Waals surface area contributed by atoms with Crippen molar-refractivity contribution in [2.24, 2.45) is 0 Å². The summed E-state index contributed by atoms with van der Waals surface area (Å²) in [6, 6.07) is 4.01. The lowest BCUT2D eigenvalue weighted by atomic mass is 10.1. The molecule has 1 aliphatic heterocycles. The normalized spacial score (nSPS) is 14.9. The van der Waals surface area contributed by atoms with Gasteiger partial charge in [0.25, 0.3) is 0 Å². The fourth-order valence-electron chi connectivity index (χ4n) is 2.62. The minimum Gasteiger partial charge on any atom is -0.480 e. The predicted octanol–water partition coefficient (Wildman–Crippen LogP) is 1.88. The molecule has 2 aromatic heterocycles. The molecule has 116 valence electrons. The molecule has 0 radical (unpaired) electrons. The van der Waals surface area contributed by atoms with Gasteiger partial charge in [0, 0.05) is 36.1 Å². The molecule has 6 heteroatoms. The number of nitrogens with two attached hydrogens (primary N) is 1. The number of hydrogen-bond donors (Lipinski definition) is 1. The first-order chi connectivity index (χ1) is 10.7. The zero-order valence-electron chi connectivity index (χ0n) is 12.9.